The molecule has 1 aliphatic heterocycles. The van der Waals surface area contributed by atoms with E-state index in [0.717, 1.165) is 5.56 Å². The zero-order valence-corrected chi connectivity index (χ0v) is 16.9. The van der Waals surface area contributed by atoms with E-state index in [4.69, 9.17) is 0 Å². The highest BCUT2D eigenvalue weighted by atomic mass is 19.1. The van der Waals surface area contributed by atoms with Gasteiger partial charge in [-0.25, -0.2) is 9.07 Å². The van der Waals surface area contributed by atoms with Gasteiger partial charge in [0.1, 0.15) is 11.5 Å². The van der Waals surface area contributed by atoms with Crippen LogP contribution in [0.2, 0.25) is 0 Å². The van der Waals surface area contributed by atoms with Crippen molar-refractivity contribution < 1.29 is 14.1 Å². The molecule has 2 heterocycles. The normalized spacial score (nSPS) is 15.5. The molecule has 1 unspecified atom stereocenters. The second-order valence-electron chi connectivity index (χ2n) is 7.42. The molecule has 158 valence electrons. The minimum atomic E-state index is -0.597. The van der Waals surface area contributed by atoms with E-state index in [1.165, 1.54) is 46.0 Å². The van der Waals surface area contributed by atoms with Gasteiger partial charge in [-0.3, -0.25) is 19.7 Å². The summed E-state index contributed by atoms with van der Waals surface area (Å²) >= 11 is 0. The van der Waals surface area contributed by atoms with Crippen LogP contribution in [0.15, 0.2) is 53.3 Å². The Bertz CT molecular complexity index is 1270. The highest BCUT2D eigenvalue weighted by molar-refractivity contribution is 5.92. The Morgan fingerprint density at radius 2 is 1.97 bits per heavy atom. The van der Waals surface area contributed by atoms with E-state index < -0.39 is 28.1 Å². The Labute approximate surface area is 176 Å². The summed E-state index contributed by atoms with van der Waals surface area (Å²) in [6, 6.07) is 11.2. The summed E-state index contributed by atoms with van der Waals surface area (Å²) in [6.45, 7) is 3.70. The van der Waals surface area contributed by atoms with Crippen LogP contribution in [0, 0.1) is 22.9 Å². The van der Waals surface area contributed by atoms with Crippen LogP contribution in [-0.2, 0) is 6.42 Å². The number of rotatable bonds is 3. The van der Waals surface area contributed by atoms with Crippen molar-refractivity contribution >= 4 is 11.6 Å². The van der Waals surface area contributed by atoms with Crippen molar-refractivity contribution in [2.45, 2.75) is 26.3 Å². The molecule has 9 heteroatoms. The number of fused-ring (bicyclic) bond motifs is 1. The SMILES string of the molecule is Cc1cc(=O)c(C(=O)N2CCc3ccc(F)cc3C2C)nn1-c1ccccc1[N+](=O)[O-]. The molecule has 4 rings (SSSR count). The molecule has 0 radical (unpaired) electrons. The highest BCUT2D eigenvalue weighted by Crippen LogP contribution is 2.31. The first kappa shape index (κ1) is 20.4. The lowest BCUT2D eigenvalue weighted by Crippen LogP contribution is -2.41. The zero-order chi connectivity index (χ0) is 22.3. The van der Waals surface area contributed by atoms with E-state index in [9.17, 15) is 24.1 Å². The molecule has 0 saturated heterocycles. The van der Waals surface area contributed by atoms with Gasteiger partial charge < -0.3 is 4.90 Å². The minimum Gasteiger partial charge on any atom is -0.330 e. The number of carbonyl (C=O) groups excluding carboxylic acids is 1. The smallest absolute Gasteiger partial charge is 0.294 e. The summed E-state index contributed by atoms with van der Waals surface area (Å²) in [4.78, 5) is 38.2. The predicted molar refractivity (Wildman–Crippen MR) is 111 cm³/mol. The number of hydrogen-bond donors (Lipinski definition) is 0. The first-order chi connectivity index (χ1) is 14.8. The lowest BCUT2D eigenvalue weighted by Gasteiger charge is -2.35. The summed E-state index contributed by atoms with van der Waals surface area (Å²) in [6.07, 6.45) is 0.524. The van der Waals surface area contributed by atoms with Crippen molar-refractivity contribution in [3.8, 4) is 5.69 Å². The Kier molecular flexibility index (Phi) is 5.10. The first-order valence-electron chi connectivity index (χ1n) is 9.72. The van der Waals surface area contributed by atoms with Crippen molar-refractivity contribution in [2.24, 2.45) is 0 Å². The molecule has 0 bridgehead atoms. The van der Waals surface area contributed by atoms with Gasteiger partial charge in [0.25, 0.3) is 11.6 Å². The average molecular weight is 422 g/mol. The van der Waals surface area contributed by atoms with E-state index in [-0.39, 0.29) is 17.1 Å². The fourth-order valence-electron chi connectivity index (χ4n) is 3.94. The van der Waals surface area contributed by atoms with Gasteiger partial charge in [-0.15, -0.1) is 0 Å². The van der Waals surface area contributed by atoms with Gasteiger partial charge in [0.2, 0.25) is 5.43 Å². The third kappa shape index (κ3) is 3.58. The monoisotopic (exact) mass is 422 g/mol. The van der Waals surface area contributed by atoms with E-state index in [2.05, 4.69) is 5.10 Å². The van der Waals surface area contributed by atoms with Gasteiger partial charge in [-0.2, -0.15) is 5.10 Å². The maximum absolute atomic E-state index is 13.7. The van der Waals surface area contributed by atoms with Crippen LogP contribution in [0.4, 0.5) is 10.1 Å². The van der Waals surface area contributed by atoms with Gasteiger partial charge in [0.05, 0.1) is 11.0 Å². The van der Waals surface area contributed by atoms with Gasteiger partial charge in [0, 0.05) is 24.4 Å². The van der Waals surface area contributed by atoms with E-state index in [0.29, 0.717) is 24.2 Å². The molecule has 0 N–H and O–H groups in total. The second-order valence-corrected chi connectivity index (χ2v) is 7.42. The van der Waals surface area contributed by atoms with Crippen molar-refractivity contribution in [3.05, 3.63) is 97.2 Å². The third-order valence-corrected chi connectivity index (χ3v) is 5.53. The molecular formula is C22H19FN4O4. The number of hydrogen-bond acceptors (Lipinski definition) is 5. The van der Waals surface area contributed by atoms with Crippen LogP contribution in [0.25, 0.3) is 5.69 Å². The number of benzene rings is 2. The van der Waals surface area contributed by atoms with Gasteiger partial charge in [0.15, 0.2) is 5.69 Å². The lowest BCUT2D eigenvalue weighted by molar-refractivity contribution is -0.384. The number of para-hydroxylation sites is 2. The number of amides is 1. The number of halogens is 1. The van der Waals surface area contributed by atoms with Crippen LogP contribution in [0.1, 0.15) is 40.3 Å². The molecule has 0 aliphatic carbocycles. The lowest BCUT2D eigenvalue weighted by atomic mass is 9.93. The van der Waals surface area contributed by atoms with Crippen molar-refractivity contribution in [1.29, 1.82) is 0 Å². The number of aromatic nitrogens is 2. The van der Waals surface area contributed by atoms with E-state index in [1.807, 2.05) is 0 Å². The molecule has 8 nitrogen and oxygen atoms in total. The molecule has 0 saturated carbocycles. The third-order valence-electron chi connectivity index (χ3n) is 5.53. The largest absolute Gasteiger partial charge is 0.330 e. The molecule has 31 heavy (non-hydrogen) atoms. The minimum absolute atomic E-state index is 0.151. The van der Waals surface area contributed by atoms with E-state index >= 15 is 0 Å². The summed E-state index contributed by atoms with van der Waals surface area (Å²) in [5.74, 6) is -0.994. The molecular weight excluding hydrogens is 403 g/mol. The van der Waals surface area contributed by atoms with Gasteiger partial charge in [-0.05, 0) is 49.6 Å². The van der Waals surface area contributed by atoms with Crippen molar-refractivity contribution in [2.75, 3.05) is 6.54 Å². The first-order valence-corrected chi connectivity index (χ1v) is 9.72. The molecule has 1 amide bonds. The summed E-state index contributed by atoms with van der Waals surface area (Å²) in [5, 5.41) is 15.6. The van der Waals surface area contributed by atoms with Crippen molar-refractivity contribution in [3.63, 3.8) is 0 Å². The molecule has 2 aromatic carbocycles. The van der Waals surface area contributed by atoms with Crippen LogP contribution in [0.3, 0.4) is 0 Å². The number of nitrogens with zero attached hydrogens (tertiary/aromatic N) is 4. The average Bonchev–Trinajstić information content (AvgIpc) is 2.74. The maximum atomic E-state index is 13.7. The highest BCUT2D eigenvalue weighted by Gasteiger charge is 2.31. The fourth-order valence-corrected chi connectivity index (χ4v) is 3.94. The number of nitro benzene ring substituents is 1. The standard InChI is InChI=1S/C22H19FN4O4/c1-13-11-20(28)21(24-26(13)18-5-3-4-6-19(18)27(30)31)22(29)25-10-9-15-7-8-16(23)12-17(15)14(25)2/h3-8,11-12,14H,9-10H2,1-2H3. The van der Waals surface area contributed by atoms with E-state index in [1.54, 1.807) is 26.0 Å². The molecule has 0 spiro atoms. The Morgan fingerprint density at radius 3 is 2.71 bits per heavy atom. The zero-order valence-electron chi connectivity index (χ0n) is 16.9. The van der Waals surface area contributed by atoms with Crippen LogP contribution in [-0.4, -0.2) is 32.1 Å². The Morgan fingerprint density at radius 1 is 1.23 bits per heavy atom. The van der Waals surface area contributed by atoms with Crippen molar-refractivity contribution in [1.82, 2.24) is 14.7 Å². The quantitative estimate of drug-likeness (QED) is 0.476. The number of carbonyl (C=O) groups is 1. The van der Waals surface area contributed by atoms with Crippen LogP contribution >= 0.6 is 0 Å². The summed E-state index contributed by atoms with van der Waals surface area (Å²) in [7, 11) is 0. The van der Waals surface area contributed by atoms with Crippen LogP contribution < -0.4 is 5.43 Å². The van der Waals surface area contributed by atoms with Crippen LogP contribution in [0.5, 0.6) is 0 Å². The predicted octanol–water partition coefficient (Wildman–Crippen LogP) is 3.35. The summed E-state index contributed by atoms with van der Waals surface area (Å²) < 4.78 is 15.0. The molecule has 1 aromatic heterocycles. The second kappa shape index (κ2) is 7.75. The molecule has 3 aromatic rings. The summed E-state index contributed by atoms with van der Waals surface area (Å²) in [5.41, 5.74) is 1.03. The maximum Gasteiger partial charge on any atom is 0.294 e. The molecule has 0 fully saturated rings. The van der Waals surface area contributed by atoms with Gasteiger partial charge >= 0.3 is 0 Å². The van der Waals surface area contributed by atoms with Gasteiger partial charge in [-0.1, -0.05) is 18.2 Å². The number of aryl methyl sites for hydroxylation is 1. The Balaban J connectivity index is 1.78. The molecule has 1 aliphatic rings. The number of nitro groups is 1. The fraction of sp³-hybridized carbons (Fsp3) is 0.227. The topological polar surface area (TPSA) is 98.3 Å². The molecule has 1 atom stereocenters. The Hall–Kier alpha value is -3.88.